The summed E-state index contributed by atoms with van der Waals surface area (Å²) in [5.74, 6) is 0.407. The Bertz CT molecular complexity index is 637. The minimum atomic E-state index is -0.897. The van der Waals surface area contributed by atoms with E-state index in [2.05, 4.69) is 0 Å². The van der Waals surface area contributed by atoms with E-state index >= 15 is 0 Å². The van der Waals surface area contributed by atoms with Crippen LogP contribution in [0.2, 0.25) is 0 Å². The van der Waals surface area contributed by atoms with Crippen LogP contribution in [-0.2, 0) is 0 Å². The quantitative estimate of drug-likeness (QED) is 0.489. The molecule has 0 fully saturated rings. The smallest absolute Gasteiger partial charge is 0.395 e. The van der Waals surface area contributed by atoms with Crippen molar-refractivity contribution < 1.29 is 23.9 Å². The molecule has 0 aliphatic rings. The predicted molar refractivity (Wildman–Crippen MR) is 79.5 cm³/mol. The van der Waals surface area contributed by atoms with Gasteiger partial charge in [-0.15, -0.1) is 0 Å². The largest absolute Gasteiger partial charge is 0.519 e. The van der Waals surface area contributed by atoms with Gasteiger partial charge < -0.3 is 9.47 Å². The van der Waals surface area contributed by atoms with E-state index in [9.17, 15) is 14.4 Å². The lowest BCUT2D eigenvalue weighted by Crippen LogP contribution is -2.13. The number of rotatable bonds is 4. The Morgan fingerprint density at radius 2 is 0.955 bits per heavy atom. The first-order chi connectivity index (χ1) is 10.5. The Hall–Kier alpha value is -2.95. The van der Waals surface area contributed by atoms with Gasteiger partial charge in [0.1, 0.15) is 11.5 Å². The van der Waals surface area contributed by atoms with Crippen LogP contribution in [0.1, 0.15) is 34.6 Å². The van der Waals surface area contributed by atoms with Crippen molar-refractivity contribution in [1.82, 2.24) is 0 Å². The highest BCUT2D eigenvalue weighted by Gasteiger charge is 2.09. The number of benzene rings is 2. The Kier molecular flexibility index (Phi) is 4.68. The Labute approximate surface area is 127 Å². The van der Waals surface area contributed by atoms with E-state index in [0.717, 1.165) is 0 Å². The van der Waals surface area contributed by atoms with Crippen LogP contribution in [0.3, 0.4) is 0 Å². The van der Waals surface area contributed by atoms with E-state index in [1.807, 2.05) is 0 Å². The summed E-state index contributed by atoms with van der Waals surface area (Å²) in [6.07, 6.45) is -0.897. The van der Waals surface area contributed by atoms with E-state index in [4.69, 9.17) is 9.47 Å². The molecule has 112 valence electrons. The number of ether oxygens (including phenoxy) is 2. The van der Waals surface area contributed by atoms with Gasteiger partial charge in [0, 0.05) is 11.1 Å². The van der Waals surface area contributed by atoms with Crippen molar-refractivity contribution in [2.24, 2.45) is 0 Å². The normalized spacial score (nSPS) is 9.91. The molecule has 2 rings (SSSR count). The third-order valence-corrected chi connectivity index (χ3v) is 2.92. The number of carbonyl (C=O) groups excluding carboxylic acids is 3. The van der Waals surface area contributed by atoms with Crippen molar-refractivity contribution in [1.29, 1.82) is 0 Å². The summed E-state index contributed by atoms with van der Waals surface area (Å²) < 4.78 is 9.98. The molecule has 0 N–H and O–H groups in total. The molecule has 0 radical (unpaired) electrons. The van der Waals surface area contributed by atoms with Gasteiger partial charge in [0.15, 0.2) is 11.6 Å². The molecule has 2 aromatic rings. The molecule has 5 heteroatoms. The standard InChI is InChI=1S/C17H14O5/c1-11(18)13-3-7-15(8-4-13)21-17(20)22-16-9-5-14(6-10-16)12(2)19/h3-10H,1-2H3. The van der Waals surface area contributed by atoms with Gasteiger partial charge in [0.2, 0.25) is 0 Å². The molecule has 5 nitrogen and oxygen atoms in total. The highest BCUT2D eigenvalue weighted by atomic mass is 16.7. The minimum absolute atomic E-state index is 0.0697. The third-order valence-electron chi connectivity index (χ3n) is 2.92. The average molecular weight is 298 g/mol. The molecule has 0 heterocycles. The van der Waals surface area contributed by atoms with E-state index < -0.39 is 6.16 Å². The van der Waals surface area contributed by atoms with Crippen LogP contribution in [0.4, 0.5) is 4.79 Å². The number of ketones is 2. The van der Waals surface area contributed by atoms with Gasteiger partial charge in [-0.1, -0.05) is 0 Å². The first-order valence-electron chi connectivity index (χ1n) is 6.57. The van der Waals surface area contributed by atoms with Crippen molar-refractivity contribution in [3.63, 3.8) is 0 Å². The zero-order valence-electron chi connectivity index (χ0n) is 12.2. The van der Waals surface area contributed by atoms with E-state index in [1.165, 1.54) is 38.1 Å². The van der Waals surface area contributed by atoms with Crippen molar-refractivity contribution >= 4 is 17.7 Å². The molecule has 0 aliphatic carbocycles. The second-order valence-corrected chi connectivity index (χ2v) is 4.62. The molecule has 0 aliphatic heterocycles. The maximum Gasteiger partial charge on any atom is 0.519 e. The molecule has 0 aromatic heterocycles. The molecular formula is C17H14O5. The van der Waals surface area contributed by atoms with Crippen LogP contribution in [0.15, 0.2) is 48.5 Å². The summed E-state index contributed by atoms with van der Waals surface area (Å²) in [7, 11) is 0. The average Bonchev–Trinajstić information content (AvgIpc) is 2.48. The summed E-state index contributed by atoms with van der Waals surface area (Å²) in [6.45, 7) is 2.91. The molecule has 0 bridgehead atoms. The SMILES string of the molecule is CC(=O)c1ccc(OC(=O)Oc2ccc(C(C)=O)cc2)cc1. The minimum Gasteiger partial charge on any atom is -0.395 e. The summed E-state index contributed by atoms with van der Waals surface area (Å²) in [4.78, 5) is 33.9. The molecular weight excluding hydrogens is 284 g/mol. The van der Waals surface area contributed by atoms with Crippen LogP contribution < -0.4 is 9.47 Å². The maximum absolute atomic E-state index is 11.6. The molecule has 0 spiro atoms. The summed E-state index contributed by atoms with van der Waals surface area (Å²) in [5, 5.41) is 0. The van der Waals surface area contributed by atoms with Gasteiger partial charge in [0.25, 0.3) is 0 Å². The Morgan fingerprint density at radius 3 is 1.23 bits per heavy atom. The number of hydrogen-bond acceptors (Lipinski definition) is 5. The lowest BCUT2D eigenvalue weighted by atomic mass is 10.1. The van der Waals surface area contributed by atoms with Crippen LogP contribution in [-0.4, -0.2) is 17.7 Å². The van der Waals surface area contributed by atoms with Gasteiger partial charge in [-0.2, -0.15) is 0 Å². The van der Waals surface area contributed by atoms with E-state index in [-0.39, 0.29) is 23.1 Å². The Morgan fingerprint density at radius 1 is 0.636 bits per heavy atom. The fraction of sp³-hybridized carbons (Fsp3) is 0.118. The lowest BCUT2D eigenvalue weighted by molar-refractivity contribution is 0.100. The van der Waals surface area contributed by atoms with Crippen molar-refractivity contribution in [2.75, 3.05) is 0 Å². The molecule has 0 atom stereocenters. The second-order valence-electron chi connectivity index (χ2n) is 4.62. The van der Waals surface area contributed by atoms with Crippen LogP contribution in [0.5, 0.6) is 11.5 Å². The van der Waals surface area contributed by atoms with Gasteiger partial charge in [-0.3, -0.25) is 9.59 Å². The molecule has 0 saturated heterocycles. The molecule has 0 amide bonds. The first kappa shape index (κ1) is 15.4. The predicted octanol–water partition coefficient (Wildman–Crippen LogP) is 3.67. The topological polar surface area (TPSA) is 69.7 Å². The highest BCUT2D eigenvalue weighted by Crippen LogP contribution is 2.16. The van der Waals surface area contributed by atoms with Gasteiger partial charge >= 0.3 is 6.16 Å². The highest BCUT2D eigenvalue weighted by molar-refractivity contribution is 5.94. The van der Waals surface area contributed by atoms with Gasteiger partial charge in [-0.25, -0.2) is 4.79 Å². The third kappa shape index (κ3) is 4.02. The molecule has 2 aromatic carbocycles. The molecule has 0 saturated carbocycles. The first-order valence-corrected chi connectivity index (χ1v) is 6.57. The van der Waals surface area contributed by atoms with Crippen LogP contribution in [0, 0.1) is 0 Å². The summed E-state index contributed by atoms with van der Waals surface area (Å²) in [5.41, 5.74) is 1.06. The monoisotopic (exact) mass is 298 g/mol. The number of hydrogen-bond donors (Lipinski definition) is 0. The van der Waals surface area contributed by atoms with Crippen LogP contribution >= 0.6 is 0 Å². The fourth-order valence-electron chi connectivity index (χ4n) is 1.73. The number of Topliss-reactive ketones (excluding diaryl/α,β-unsaturated/α-hetero) is 2. The van der Waals surface area contributed by atoms with E-state index in [0.29, 0.717) is 11.1 Å². The van der Waals surface area contributed by atoms with Crippen molar-refractivity contribution in [3.05, 3.63) is 59.7 Å². The Balaban J connectivity index is 1.97. The van der Waals surface area contributed by atoms with Gasteiger partial charge in [-0.05, 0) is 62.4 Å². The fourth-order valence-corrected chi connectivity index (χ4v) is 1.73. The number of carbonyl (C=O) groups is 3. The summed E-state index contributed by atoms with van der Waals surface area (Å²) >= 11 is 0. The van der Waals surface area contributed by atoms with E-state index in [1.54, 1.807) is 24.3 Å². The second kappa shape index (κ2) is 6.67. The molecule has 0 unspecified atom stereocenters. The molecule has 22 heavy (non-hydrogen) atoms. The maximum atomic E-state index is 11.6. The lowest BCUT2D eigenvalue weighted by Gasteiger charge is -2.06. The van der Waals surface area contributed by atoms with Gasteiger partial charge in [0.05, 0.1) is 0 Å². The summed E-state index contributed by atoms with van der Waals surface area (Å²) in [6, 6.07) is 12.3. The van der Waals surface area contributed by atoms with Crippen molar-refractivity contribution in [3.8, 4) is 11.5 Å². The van der Waals surface area contributed by atoms with Crippen LogP contribution in [0.25, 0.3) is 0 Å². The zero-order valence-corrected chi connectivity index (χ0v) is 12.2. The van der Waals surface area contributed by atoms with Crippen molar-refractivity contribution in [2.45, 2.75) is 13.8 Å². The zero-order chi connectivity index (χ0) is 16.1.